The van der Waals surface area contributed by atoms with E-state index in [0.717, 1.165) is 29.8 Å². The molecule has 0 radical (unpaired) electrons. The van der Waals surface area contributed by atoms with Crippen molar-refractivity contribution in [2.75, 3.05) is 27.2 Å². The number of fused-ring (bicyclic) bond motifs is 1. The molecule has 0 aliphatic heterocycles. The van der Waals surface area contributed by atoms with E-state index in [4.69, 9.17) is 0 Å². The van der Waals surface area contributed by atoms with E-state index in [0.29, 0.717) is 5.41 Å². The molecule has 0 unspecified atom stereocenters. The van der Waals surface area contributed by atoms with E-state index in [1.807, 2.05) is 18.5 Å². The van der Waals surface area contributed by atoms with Crippen molar-refractivity contribution >= 4 is 11.0 Å². The highest BCUT2D eigenvalue weighted by Gasteiger charge is 2.23. The van der Waals surface area contributed by atoms with Gasteiger partial charge in [-0.25, -0.2) is 4.98 Å². The summed E-state index contributed by atoms with van der Waals surface area (Å²) in [5, 5.41) is 2.42. The van der Waals surface area contributed by atoms with Crippen molar-refractivity contribution in [2.24, 2.45) is 5.41 Å². The van der Waals surface area contributed by atoms with Crippen molar-refractivity contribution in [3.63, 3.8) is 0 Å². The minimum absolute atomic E-state index is 0.356. The molecule has 0 amide bonds. The Morgan fingerprint density at radius 2 is 1.76 bits per heavy atom. The van der Waals surface area contributed by atoms with Crippen LogP contribution in [0, 0.1) is 5.41 Å². The smallest absolute Gasteiger partial charge is 0.101 e. The lowest BCUT2D eigenvalue weighted by Gasteiger charge is -2.24. The van der Waals surface area contributed by atoms with Gasteiger partial charge < -0.3 is 10.2 Å². The standard InChI is InChI=1S/C21H28N4/c1-21(2,15-24(3)4)14-22-13-17-9-11-18(12-10-17)25-16-23-19-7-5-6-8-20(19)25/h5-12,16,22H,13-15H2,1-4H3/p+2. The first kappa shape index (κ1) is 17.6. The van der Waals surface area contributed by atoms with E-state index < -0.39 is 0 Å². The Labute approximate surface area is 150 Å². The summed E-state index contributed by atoms with van der Waals surface area (Å²) in [6.07, 6.45) is 1.90. The van der Waals surface area contributed by atoms with Gasteiger partial charge in [0.05, 0.1) is 43.6 Å². The predicted octanol–water partition coefficient (Wildman–Crippen LogP) is 1.26. The van der Waals surface area contributed by atoms with Gasteiger partial charge in [0.2, 0.25) is 0 Å². The minimum atomic E-state index is 0.356. The summed E-state index contributed by atoms with van der Waals surface area (Å²) in [5.41, 5.74) is 5.06. The molecule has 0 fully saturated rings. The molecular formula is C21H30N4+2. The number of hydrogen-bond donors (Lipinski definition) is 2. The third kappa shape index (κ3) is 4.47. The van der Waals surface area contributed by atoms with Gasteiger partial charge in [-0.05, 0) is 38.1 Å². The van der Waals surface area contributed by atoms with Crippen LogP contribution in [0.25, 0.3) is 16.7 Å². The van der Waals surface area contributed by atoms with Crippen LogP contribution in [0.5, 0.6) is 0 Å². The van der Waals surface area contributed by atoms with Crippen molar-refractivity contribution in [2.45, 2.75) is 20.4 Å². The maximum absolute atomic E-state index is 4.47. The fraction of sp³-hybridized carbons (Fsp3) is 0.381. The molecule has 1 heterocycles. The van der Waals surface area contributed by atoms with Crippen LogP contribution in [-0.4, -0.2) is 36.7 Å². The molecule has 0 saturated carbocycles. The normalized spacial score (nSPS) is 12.2. The molecule has 132 valence electrons. The molecule has 0 bridgehead atoms. The first-order chi connectivity index (χ1) is 11.9. The highest BCUT2D eigenvalue weighted by atomic mass is 15.1. The fourth-order valence-corrected chi connectivity index (χ4v) is 3.62. The molecule has 4 heteroatoms. The van der Waals surface area contributed by atoms with Crippen LogP contribution < -0.4 is 10.2 Å². The van der Waals surface area contributed by atoms with Gasteiger partial charge in [-0.1, -0.05) is 24.3 Å². The zero-order valence-electron chi connectivity index (χ0n) is 15.8. The molecule has 3 N–H and O–H groups in total. The summed E-state index contributed by atoms with van der Waals surface area (Å²) in [4.78, 5) is 5.98. The van der Waals surface area contributed by atoms with Crippen LogP contribution >= 0.6 is 0 Å². The van der Waals surface area contributed by atoms with E-state index in [1.165, 1.54) is 17.0 Å². The van der Waals surface area contributed by atoms with Crippen molar-refractivity contribution in [1.82, 2.24) is 9.55 Å². The quantitative estimate of drug-likeness (QED) is 0.669. The Morgan fingerprint density at radius 3 is 2.48 bits per heavy atom. The summed E-state index contributed by atoms with van der Waals surface area (Å²) in [5.74, 6) is 0. The zero-order valence-corrected chi connectivity index (χ0v) is 15.8. The molecule has 0 saturated heterocycles. The third-order valence-electron chi connectivity index (χ3n) is 4.58. The number of imidazole rings is 1. The first-order valence-corrected chi connectivity index (χ1v) is 9.07. The van der Waals surface area contributed by atoms with E-state index in [9.17, 15) is 0 Å². The number of rotatable bonds is 7. The van der Waals surface area contributed by atoms with Crippen LogP contribution in [0.4, 0.5) is 0 Å². The van der Waals surface area contributed by atoms with Gasteiger partial charge in [0.1, 0.15) is 12.9 Å². The monoisotopic (exact) mass is 338 g/mol. The van der Waals surface area contributed by atoms with Crippen molar-refractivity contribution in [3.8, 4) is 5.69 Å². The summed E-state index contributed by atoms with van der Waals surface area (Å²) in [7, 11) is 4.45. The molecule has 2 aromatic carbocycles. The van der Waals surface area contributed by atoms with Gasteiger partial charge in [0.15, 0.2) is 0 Å². The second kappa shape index (κ2) is 7.38. The molecule has 0 spiro atoms. The number of quaternary nitrogens is 2. The number of hydrogen-bond acceptors (Lipinski definition) is 1. The number of nitrogens with two attached hydrogens (primary N) is 1. The Kier molecular flexibility index (Phi) is 5.21. The topological polar surface area (TPSA) is 38.9 Å². The lowest BCUT2D eigenvalue weighted by molar-refractivity contribution is -0.868. The van der Waals surface area contributed by atoms with Gasteiger partial charge in [-0.2, -0.15) is 0 Å². The average molecular weight is 338 g/mol. The maximum atomic E-state index is 4.47. The molecule has 3 rings (SSSR count). The van der Waals surface area contributed by atoms with E-state index in [-0.39, 0.29) is 0 Å². The molecule has 3 aromatic rings. The predicted molar refractivity (Wildman–Crippen MR) is 103 cm³/mol. The van der Waals surface area contributed by atoms with Crippen LogP contribution in [0.2, 0.25) is 0 Å². The van der Waals surface area contributed by atoms with Crippen LogP contribution in [0.1, 0.15) is 19.4 Å². The van der Waals surface area contributed by atoms with Crippen molar-refractivity contribution in [1.29, 1.82) is 0 Å². The molecule has 0 aliphatic rings. The number of nitrogens with one attached hydrogen (secondary N) is 1. The Bertz CT molecular complexity index is 815. The Hall–Kier alpha value is -2.17. The highest BCUT2D eigenvalue weighted by molar-refractivity contribution is 5.77. The Morgan fingerprint density at radius 1 is 1.04 bits per heavy atom. The van der Waals surface area contributed by atoms with Gasteiger partial charge in [0.25, 0.3) is 0 Å². The first-order valence-electron chi connectivity index (χ1n) is 9.07. The minimum Gasteiger partial charge on any atom is -0.342 e. The van der Waals surface area contributed by atoms with Crippen LogP contribution in [0.3, 0.4) is 0 Å². The molecule has 1 aromatic heterocycles. The lowest BCUT2D eigenvalue weighted by atomic mass is 9.93. The summed E-state index contributed by atoms with van der Waals surface area (Å²) in [6, 6.07) is 17.1. The van der Waals surface area contributed by atoms with Gasteiger partial charge in [0, 0.05) is 11.3 Å². The Balaban J connectivity index is 1.63. The number of benzene rings is 2. The summed E-state index contributed by atoms with van der Waals surface area (Å²) < 4.78 is 2.14. The highest BCUT2D eigenvalue weighted by Crippen LogP contribution is 2.18. The van der Waals surface area contributed by atoms with Gasteiger partial charge in [-0.15, -0.1) is 0 Å². The largest absolute Gasteiger partial charge is 0.342 e. The fourth-order valence-electron chi connectivity index (χ4n) is 3.62. The summed E-state index contributed by atoms with van der Waals surface area (Å²) >= 11 is 0. The number of para-hydroxylation sites is 2. The third-order valence-corrected chi connectivity index (χ3v) is 4.58. The average Bonchev–Trinajstić information content (AvgIpc) is 2.98. The van der Waals surface area contributed by atoms with Gasteiger partial charge in [-0.3, -0.25) is 4.57 Å². The summed E-state index contributed by atoms with van der Waals surface area (Å²) in [6.45, 7) is 8.06. The molecule has 25 heavy (non-hydrogen) atoms. The van der Waals surface area contributed by atoms with Crippen molar-refractivity contribution < 1.29 is 10.2 Å². The second-order valence-electron chi connectivity index (χ2n) is 8.01. The lowest BCUT2D eigenvalue weighted by Crippen LogP contribution is -3.08. The SMILES string of the molecule is C[NH+](C)CC(C)(C)C[NH2+]Cc1ccc(-n2cnc3ccccc32)cc1. The molecular weight excluding hydrogens is 308 g/mol. The van der Waals surface area contributed by atoms with E-state index >= 15 is 0 Å². The van der Waals surface area contributed by atoms with Crippen LogP contribution in [0.15, 0.2) is 54.9 Å². The number of nitrogens with zero attached hydrogens (tertiary/aromatic N) is 2. The van der Waals surface area contributed by atoms with Crippen LogP contribution in [-0.2, 0) is 6.54 Å². The van der Waals surface area contributed by atoms with Crippen molar-refractivity contribution in [3.05, 3.63) is 60.4 Å². The number of aromatic nitrogens is 2. The second-order valence-corrected chi connectivity index (χ2v) is 8.01. The van der Waals surface area contributed by atoms with E-state index in [2.05, 4.69) is 79.2 Å². The van der Waals surface area contributed by atoms with Gasteiger partial charge >= 0.3 is 0 Å². The molecule has 0 atom stereocenters. The molecule has 4 nitrogen and oxygen atoms in total. The molecule has 0 aliphatic carbocycles. The maximum Gasteiger partial charge on any atom is 0.101 e. The van der Waals surface area contributed by atoms with E-state index in [1.54, 1.807) is 0 Å². The zero-order chi connectivity index (χ0) is 17.9.